The quantitative estimate of drug-likeness (QED) is 0.728. The lowest BCUT2D eigenvalue weighted by Crippen LogP contribution is -2.67. The van der Waals surface area contributed by atoms with Crippen molar-refractivity contribution in [2.24, 2.45) is 34.3 Å². The third-order valence-electron chi connectivity index (χ3n) is 10.0. The molecule has 1 aromatic rings. The molecule has 2 unspecified atom stereocenters. The number of primary amides is 1. The van der Waals surface area contributed by atoms with E-state index in [9.17, 15) is 14.0 Å². The zero-order chi connectivity index (χ0) is 22.9. The van der Waals surface area contributed by atoms with Crippen molar-refractivity contribution < 1.29 is 14.0 Å². The Labute approximate surface area is 190 Å². The Hall–Kier alpha value is -2.17. The second-order valence-electron chi connectivity index (χ2n) is 11.4. The van der Waals surface area contributed by atoms with E-state index in [0.717, 1.165) is 18.8 Å². The summed E-state index contributed by atoms with van der Waals surface area (Å²) in [7, 11) is 0. The van der Waals surface area contributed by atoms with Gasteiger partial charge in [0.2, 0.25) is 11.8 Å². The fourth-order valence-electron chi connectivity index (χ4n) is 8.20. The summed E-state index contributed by atoms with van der Waals surface area (Å²) in [6.45, 7) is 6.50. The fraction of sp³-hybridized carbons (Fsp3) is 0.630. The number of nitrogens with two attached hydrogens (primary N) is 1. The SMILES string of the molecule is CC(C(N)=O)(c1ccc(F)cc1)N1C(=O)C=C[C@@]2(C)C1CC[C@@H]1[C@H]2CC[C@]2(C)CCC[C@@H]12. The summed E-state index contributed by atoms with van der Waals surface area (Å²) in [4.78, 5) is 28.0. The third kappa shape index (κ3) is 2.85. The van der Waals surface area contributed by atoms with E-state index in [0.29, 0.717) is 22.8 Å². The number of carbonyl (C=O) groups excluding carboxylic acids is 2. The first-order valence-corrected chi connectivity index (χ1v) is 12.2. The molecule has 1 aromatic carbocycles. The molecule has 2 amide bonds. The highest BCUT2D eigenvalue weighted by atomic mass is 19.1. The predicted octanol–water partition coefficient (Wildman–Crippen LogP) is 4.93. The highest BCUT2D eigenvalue weighted by molar-refractivity contribution is 5.96. The molecule has 3 saturated carbocycles. The highest BCUT2D eigenvalue weighted by Gasteiger charge is 2.61. The molecule has 7 atom stereocenters. The van der Waals surface area contributed by atoms with Crippen molar-refractivity contribution in [3.63, 3.8) is 0 Å². The predicted molar refractivity (Wildman–Crippen MR) is 122 cm³/mol. The van der Waals surface area contributed by atoms with Crippen molar-refractivity contribution >= 4 is 11.8 Å². The summed E-state index contributed by atoms with van der Waals surface area (Å²) in [5.74, 6) is 0.788. The number of nitrogens with zero attached hydrogens (tertiary/aromatic N) is 1. The van der Waals surface area contributed by atoms with Crippen molar-refractivity contribution in [3.05, 3.63) is 47.8 Å². The molecule has 4 aliphatic rings. The van der Waals surface area contributed by atoms with E-state index in [2.05, 4.69) is 19.9 Å². The third-order valence-corrected chi connectivity index (χ3v) is 10.0. The number of amides is 2. The van der Waals surface area contributed by atoms with Crippen LogP contribution in [0.15, 0.2) is 36.4 Å². The van der Waals surface area contributed by atoms with Crippen LogP contribution >= 0.6 is 0 Å². The van der Waals surface area contributed by atoms with Gasteiger partial charge in [0, 0.05) is 11.5 Å². The van der Waals surface area contributed by atoms with E-state index in [1.54, 1.807) is 30.0 Å². The van der Waals surface area contributed by atoms with Gasteiger partial charge < -0.3 is 10.6 Å². The van der Waals surface area contributed by atoms with Crippen molar-refractivity contribution in [2.45, 2.75) is 77.3 Å². The molecule has 0 bridgehead atoms. The molecule has 0 aromatic heterocycles. The van der Waals surface area contributed by atoms with Gasteiger partial charge in [-0.1, -0.05) is 38.5 Å². The smallest absolute Gasteiger partial charge is 0.247 e. The lowest BCUT2D eigenvalue weighted by molar-refractivity contribution is -0.160. The Morgan fingerprint density at radius 1 is 1.09 bits per heavy atom. The van der Waals surface area contributed by atoms with E-state index in [4.69, 9.17) is 5.73 Å². The van der Waals surface area contributed by atoms with Gasteiger partial charge in [0.05, 0.1) is 0 Å². The molecule has 1 heterocycles. The number of carbonyl (C=O) groups is 2. The number of halogens is 1. The molecule has 4 nitrogen and oxygen atoms in total. The van der Waals surface area contributed by atoms with Crippen molar-refractivity contribution in [1.29, 1.82) is 0 Å². The standard InChI is InChI=1S/C27H35FN2O2/c1-25-14-4-5-20(25)19-10-11-22-26(2,21(19)12-15-25)16-13-23(31)30(22)27(3,24(29)32)17-6-8-18(28)9-7-17/h6-9,13,16,19-22H,4-5,10-12,14-15H2,1-3H3,(H2,29,32)/t19-,20-,21+,22?,25-,26+,27?/m0/s1. The summed E-state index contributed by atoms with van der Waals surface area (Å²) in [6, 6.07) is 5.73. The van der Waals surface area contributed by atoms with Gasteiger partial charge in [0.1, 0.15) is 11.4 Å². The molecule has 32 heavy (non-hydrogen) atoms. The van der Waals surface area contributed by atoms with Crippen LogP contribution in [0.25, 0.3) is 0 Å². The number of rotatable bonds is 3. The summed E-state index contributed by atoms with van der Waals surface area (Å²) in [5, 5.41) is 0. The van der Waals surface area contributed by atoms with Crippen molar-refractivity contribution in [2.75, 3.05) is 0 Å². The minimum atomic E-state index is -1.33. The van der Waals surface area contributed by atoms with Gasteiger partial charge in [-0.15, -0.1) is 0 Å². The van der Waals surface area contributed by atoms with Crippen LogP contribution in [-0.2, 0) is 15.1 Å². The molecule has 172 valence electrons. The van der Waals surface area contributed by atoms with Crippen LogP contribution in [0, 0.1) is 34.4 Å². The van der Waals surface area contributed by atoms with Crippen LogP contribution < -0.4 is 5.73 Å². The molecule has 3 aliphatic carbocycles. The molecule has 0 radical (unpaired) electrons. The van der Waals surface area contributed by atoms with Crippen LogP contribution in [-0.4, -0.2) is 22.8 Å². The summed E-state index contributed by atoms with van der Waals surface area (Å²) in [6.07, 6.45) is 12.1. The second-order valence-corrected chi connectivity index (χ2v) is 11.4. The van der Waals surface area contributed by atoms with E-state index < -0.39 is 11.4 Å². The monoisotopic (exact) mass is 438 g/mol. The summed E-state index contributed by atoms with van der Waals surface area (Å²) >= 11 is 0. The molecule has 0 spiro atoms. The van der Waals surface area contributed by atoms with Gasteiger partial charge in [-0.05, 0) is 92.4 Å². The maximum atomic E-state index is 13.6. The first-order chi connectivity index (χ1) is 15.1. The van der Waals surface area contributed by atoms with Crippen LogP contribution in [0.1, 0.15) is 71.3 Å². The largest absolute Gasteiger partial charge is 0.367 e. The Bertz CT molecular complexity index is 974. The Kier molecular flexibility index (Phi) is 4.85. The van der Waals surface area contributed by atoms with E-state index in [1.807, 2.05) is 0 Å². The minimum Gasteiger partial charge on any atom is -0.367 e. The lowest BCUT2D eigenvalue weighted by Gasteiger charge is -2.62. The molecule has 0 saturated heterocycles. The van der Waals surface area contributed by atoms with Gasteiger partial charge >= 0.3 is 0 Å². The molecule has 3 fully saturated rings. The number of hydrogen-bond donors (Lipinski definition) is 1. The van der Waals surface area contributed by atoms with Gasteiger partial charge in [0.15, 0.2) is 0 Å². The Balaban J connectivity index is 1.57. The molecule has 5 heteroatoms. The molecule has 5 rings (SSSR count). The summed E-state index contributed by atoms with van der Waals surface area (Å²) in [5.41, 5.74) is 5.47. The van der Waals surface area contributed by atoms with Crippen LogP contribution in [0.2, 0.25) is 0 Å². The van der Waals surface area contributed by atoms with Crippen LogP contribution in [0.4, 0.5) is 4.39 Å². The Morgan fingerprint density at radius 2 is 1.81 bits per heavy atom. The maximum Gasteiger partial charge on any atom is 0.247 e. The topological polar surface area (TPSA) is 63.4 Å². The van der Waals surface area contributed by atoms with Crippen LogP contribution in [0.5, 0.6) is 0 Å². The minimum absolute atomic E-state index is 0.102. The maximum absolute atomic E-state index is 13.6. The molecular weight excluding hydrogens is 403 g/mol. The number of hydrogen-bond acceptors (Lipinski definition) is 2. The fourth-order valence-corrected chi connectivity index (χ4v) is 8.20. The van der Waals surface area contributed by atoms with E-state index >= 15 is 0 Å². The molecular formula is C27H35FN2O2. The van der Waals surface area contributed by atoms with Crippen LogP contribution in [0.3, 0.4) is 0 Å². The average Bonchev–Trinajstić information content (AvgIpc) is 3.16. The van der Waals surface area contributed by atoms with Gasteiger partial charge in [-0.25, -0.2) is 4.39 Å². The molecule has 2 N–H and O–H groups in total. The van der Waals surface area contributed by atoms with E-state index in [-0.39, 0.29) is 23.2 Å². The first kappa shape index (κ1) is 21.7. The second kappa shape index (κ2) is 7.16. The van der Waals surface area contributed by atoms with Gasteiger partial charge in [-0.3, -0.25) is 9.59 Å². The zero-order valence-electron chi connectivity index (χ0n) is 19.4. The van der Waals surface area contributed by atoms with Crippen molar-refractivity contribution in [3.8, 4) is 0 Å². The average molecular weight is 439 g/mol. The molecule has 1 aliphatic heterocycles. The summed E-state index contributed by atoms with van der Waals surface area (Å²) < 4.78 is 13.6. The highest BCUT2D eigenvalue weighted by Crippen LogP contribution is 2.64. The van der Waals surface area contributed by atoms with Crippen molar-refractivity contribution in [1.82, 2.24) is 4.90 Å². The van der Waals surface area contributed by atoms with Gasteiger partial charge in [-0.2, -0.15) is 0 Å². The van der Waals surface area contributed by atoms with Gasteiger partial charge in [0.25, 0.3) is 0 Å². The zero-order valence-corrected chi connectivity index (χ0v) is 19.4. The number of fused-ring (bicyclic) bond motifs is 5. The lowest BCUT2D eigenvalue weighted by atomic mass is 9.48. The Morgan fingerprint density at radius 3 is 2.50 bits per heavy atom. The first-order valence-electron chi connectivity index (χ1n) is 12.2. The van der Waals surface area contributed by atoms with E-state index in [1.165, 1.54) is 44.2 Å². The normalized spacial score (nSPS) is 40.2. The number of benzene rings is 1.